The van der Waals surface area contributed by atoms with Gasteiger partial charge in [0.1, 0.15) is 0 Å². The Morgan fingerprint density at radius 3 is 2.55 bits per heavy atom. The lowest BCUT2D eigenvalue weighted by atomic mass is 10.2. The Morgan fingerprint density at radius 1 is 1.00 bits per heavy atom. The van der Waals surface area contributed by atoms with E-state index in [-0.39, 0.29) is 0 Å². The molecule has 0 saturated heterocycles. The number of hydrogen-bond donors (Lipinski definition) is 0. The Morgan fingerprint density at radius 2 is 1.79 bits per heavy atom. The van der Waals surface area contributed by atoms with Crippen LogP contribution in [-0.4, -0.2) is 14.8 Å². The first-order valence-corrected chi connectivity index (χ1v) is 10.4. The number of benzene rings is 3. The molecule has 0 radical (unpaired) electrons. The third-order valence-electron chi connectivity index (χ3n) is 4.46. The van der Waals surface area contributed by atoms with Crippen LogP contribution in [0, 0.1) is 18.3 Å². The van der Waals surface area contributed by atoms with Gasteiger partial charge in [-0.05, 0) is 48.9 Å². The Labute approximate surface area is 178 Å². The number of aromatic nitrogens is 3. The SMILES string of the molecule is Cc1ccc(-n2c(SCc3cccc(C#N)c3)nnc2-c2ccccc2Cl)cc1. The summed E-state index contributed by atoms with van der Waals surface area (Å²) >= 11 is 8.02. The molecule has 142 valence electrons. The number of aryl methyl sites for hydroxylation is 1. The van der Waals surface area contributed by atoms with Gasteiger partial charge in [-0.25, -0.2) is 0 Å². The molecular formula is C23H17ClN4S. The molecule has 3 aromatic carbocycles. The van der Waals surface area contributed by atoms with Crippen LogP contribution in [0.3, 0.4) is 0 Å². The van der Waals surface area contributed by atoms with Crippen LogP contribution in [0.15, 0.2) is 78.0 Å². The molecule has 0 aliphatic heterocycles. The van der Waals surface area contributed by atoms with E-state index >= 15 is 0 Å². The van der Waals surface area contributed by atoms with Crippen LogP contribution in [0.1, 0.15) is 16.7 Å². The predicted octanol–water partition coefficient (Wildman–Crippen LogP) is 6.06. The van der Waals surface area contributed by atoms with E-state index < -0.39 is 0 Å². The molecule has 1 heterocycles. The van der Waals surface area contributed by atoms with Gasteiger partial charge in [0, 0.05) is 17.0 Å². The van der Waals surface area contributed by atoms with Crippen molar-refractivity contribution in [2.75, 3.05) is 0 Å². The summed E-state index contributed by atoms with van der Waals surface area (Å²) in [4.78, 5) is 0. The van der Waals surface area contributed by atoms with Gasteiger partial charge in [-0.2, -0.15) is 5.26 Å². The highest BCUT2D eigenvalue weighted by molar-refractivity contribution is 7.98. The minimum absolute atomic E-state index is 0.631. The predicted molar refractivity (Wildman–Crippen MR) is 117 cm³/mol. The zero-order chi connectivity index (χ0) is 20.2. The number of halogens is 1. The average Bonchev–Trinajstić information content (AvgIpc) is 3.17. The quantitative estimate of drug-likeness (QED) is 0.371. The van der Waals surface area contributed by atoms with Gasteiger partial charge in [0.25, 0.3) is 0 Å². The van der Waals surface area contributed by atoms with Crippen LogP contribution >= 0.6 is 23.4 Å². The van der Waals surface area contributed by atoms with Crippen molar-refractivity contribution in [3.8, 4) is 23.1 Å². The zero-order valence-corrected chi connectivity index (χ0v) is 17.3. The Kier molecular flexibility index (Phi) is 5.66. The summed E-state index contributed by atoms with van der Waals surface area (Å²) in [6, 6.07) is 25.7. The van der Waals surface area contributed by atoms with Crippen LogP contribution < -0.4 is 0 Å². The molecule has 6 heteroatoms. The largest absolute Gasteiger partial charge is 0.270 e. The lowest BCUT2D eigenvalue weighted by Crippen LogP contribution is -2.00. The van der Waals surface area contributed by atoms with Crippen LogP contribution in [0.4, 0.5) is 0 Å². The summed E-state index contributed by atoms with van der Waals surface area (Å²) in [5.74, 6) is 1.38. The van der Waals surface area contributed by atoms with Crippen LogP contribution in [0.5, 0.6) is 0 Å². The molecule has 4 rings (SSSR count). The third kappa shape index (κ3) is 4.19. The van der Waals surface area contributed by atoms with Crippen molar-refractivity contribution in [3.05, 3.63) is 94.5 Å². The normalized spacial score (nSPS) is 10.7. The first kappa shape index (κ1) is 19.3. The van der Waals surface area contributed by atoms with Crippen LogP contribution in [-0.2, 0) is 5.75 Å². The third-order valence-corrected chi connectivity index (χ3v) is 5.79. The number of nitrogens with zero attached hydrogens (tertiary/aromatic N) is 4. The molecule has 0 atom stereocenters. The second kappa shape index (κ2) is 8.52. The monoisotopic (exact) mass is 416 g/mol. The fourth-order valence-electron chi connectivity index (χ4n) is 2.99. The maximum Gasteiger partial charge on any atom is 0.196 e. The molecule has 0 saturated carbocycles. The van der Waals surface area contributed by atoms with Gasteiger partial charge >= 0.3 is 0 Å². The zero-order valence-electron chi connectivity index (χ0n) is 15.7. The lowest BCUT2D eigenvalue weighted by Gasteiger charge is -2.11. The van der Waals surface area contributed by atoms with Gasteiger partial charge in [-0.3, -0.25) is 4.57 Å². The van der Waals surface area contributed by atoms with E-state index in [2.05, 4.69) is 47.5 Å². The number of hydrogen-bond acceptors (Lipinski definition) is 4. The Balaban J connectivity index is 1.75. The maximum absolute atomic E-state index is 9.12. The van der Waals surface area contributed by atoms with E-state index in [1.807, 2.05) is 47.0 Å². The second-order valence-electron chi connectivity index (χ2n) is 6.56. The number of nitriles is 1. The van der Waals surface area contributed by atoms with Gasteiger partial charge < -0.3 is 0 Å². The van der Waals surface area contributed by atoms with E-state index in [1.165, 1.54) is 5.56 Å². The fourth-order valence-corrected chi connectivity index (χ4v) is 4.10. The molecule has 0 spiro atoms. The van der Waals surface area contributed by atoms with Crippen molar-refractivity contribution >= 4 is 23.4 Å². The second-order valence-corrected chi connectivity index (χ2v) is 7.91. The summed E-state index contributed by atoms with van der Waals surface area (Å²) in [5, 5.41) is 19.4. The van der Waals surface area contributed by atoms with Gasteiger partial charge in [-0.1, -0.05) is 65.3 Å². The summed E-state index contributed by atoms with van der Waals surface area (Å²) in [7, 11) is 0. The van der Waals surface area contributed by atoms with E-state index in [9.17, 15) is 0 Å². The smallest absolute Gasteiger partial charge is 0.196 e. The van der Waals surface area contributed by atoms with Crippen molar-refractivity contribution in [1.82, 2.24) is 14.8 Å². The standard InChI is InChI=1S/C23H17ClN4S/c1-16-9-11-19(12-10-16)28-22(20-7-2-3-8-21(20)24)26-27-23(28)29-15-18-6-4-5-17(13-18)14-25/h2-13H,15H2,1H3. The summed E-state index contributed by atoms with van der Waals surface area (Å²) in [6.07, 6.45) is 0. The molecule has 4 aromatic rings. The molecule has 29 heavy (non-hydrogen) atoms. The molecule has 0 aliphatic rings. The van der Waals surface area contributed by atoms with E-state index in [0.717, 1.165) is 22.0 Å². The molecule has 0 bridgehead atoms. The average molecular weight is 417 g/mol. The highest BCUT2D eigenvalue weighted by Crippen LogP contribution is 2.33. The minimum atomic E-state index is 0.631. The number of thioether (sulfide) groups is 1. The molecule has 1 aromatic heterocycles. The van der Waals surface area contributed by atoms with Crippen molar-refractivity contribution in [2.45, 2.75) is 17.8 Å². The molecular weight excluding hydrogens is 400 g/mol. The Hall–Kier alpha value is -3.07. The maximum atomic E-state index is 9.12. The molecule has 0 aliphatic carbocycles. The first-order chi connectivity index (χ1) is 14.2. The van der Waals surface area contributed by atoms with Crippen molar-refractivity contribution in [2.24, 2.45) is 0 Å². The van der Waals surface area contributed by atoms with Gasteiger partial charge in [-0.15, -0.1) is 10.2 Å². The topological polar surface area (TPSA) is 54.5 Å². The van der Waals surface area contributed by atoms with E-state index in [0.29, 0.717) is 22.2 Å². The van der Waals surface area contributed by atoms with Crippen molar-refractivity contribution < 1.29 is 0 Å². The summed E-state index contributed by atoms with van der Waals surface area (Å²) in [6.45, 7) is 2.06. The van der Waals surface area contributed by atoms with Gasteiger partial charge in [0.15, 0.2) is 11.0 Å². The van der Waals surface area contributed by atoms with Gasteiger partial charge in [0.05, 0.1) is 16.7 Å². The van der Waals surface area contributed by atoms with E-state index in [4.69, 9.17) is 16.9 Å². The van der Waals surface area contributed by atoms with E-state index in [1.54, 1.807) is 17.8 Å². The molecule has 0 N–H and O–H groups in total. The highest BCUT2D eigenvalue weighted by atomic mass is 35.5. The molecule has 0 unspecified atom stereocenters. The molecule has 4 nitrogen and oxygen atoms in total. The summed E-state index contributed by atoms with van der Waals surface area (Å²) < 4.78 is 2.03. The minimum Gasteiger partial charge on any atom is -0.270 e. The Bertz CT molecular complexity index is 1190. The van der Waals surface area contributed by atoms with Crippen molar-refractivity contribution in [1.29, 1.82) is 5.26 Å². The summed E-state index contributed by atoms with van der Waals surface area (Å²) in [5.41, 5.74) is 4.71. The highest BCUT2D eigenvalue weighted by Gasteiger charge is 2.18. The fraction of sp³-hybridized carbons (Fsp3) is 0.0870. The van der Waals surface area contributed by atoms with Gasteiger partial charge in [0.2, 0.25) is 0 Å². The van der Waals surface area contributed by atoms with Crippen LogP contribution in [0.2, 0.25) is 5.02 Å². The van der Waals surface area contributed by atoms with Crippen LogP contribution in [0.25, 0.3) is 17.1 Å². The number of rotatable bonds is 5. The molecule has 0 amide bonds. The van der Waals surface area contributed by atoms with Crippen molar-refractivity contribution in [3.63, 3.8) is 0 Å². The first-order valence-electron chi connectivity index (χ1n) is 9.05. The lowest BCUT2D eigenvalue weighted by molar-refractivity contribution is 0.885. The molecule has 0 fully saturated rings.